The summed E-state index contributed by atoms with van der Waals surface area (Å²) in [6.45, 7) is -0.128. The SMILES string of the molecule is COC(=O)CNC(=O)CC(N)c1ccccc1. The number of methoxy groups -OCH3 is 1. The summed E-state index contributed by atoms with van der Waals surface area (Å²) in [7, 11) is 1.27. The number of carbonyl (C=O) groups is 2. The van der Waals surface area contributed by atoms with Crippen molar-refractivity contribution in [3.05, 3.63) is 35.9 Å². The average molecular weight is 236 g/mol. The molecule has 0 aliphatic rings. The molecule has 0 spiro atoms. The van der Waals surface area contributed by atoms with E-state index in [2.05, 4.69) is 10.1 Å². The van der Waals surface area contributed by atoms with Crippen molar-refractivity contribution in [3.63, 3.8) is 0 Å². The Labute approximate surface area is 99.9 Å². The third kappa shape index (κ3) is 4.65. The summed E-state index contributed by atoms with van der Waals surface area (Å²) in [6.07, 6.45) is 0.140. The van der Waals surface area contributed by atoms with E-state index in [-0.39, 0.29) is 24.9 Å². The molecule has 17 heavy (non-hydrogen) atoms. The minimum Gasteiger partial charge on any atom is -0.468 e. The van der Waals surface area contributed by atoms with Gasteiger partial charge >= 0.3 is 5.97 Å². The second-order valence-electron chi connectivity index (χ2n) is 3.57. The minimum absolute atomic E-state index is 0.128. The van der Waals surface area contributed by atoms with Crippen molar-refractivity contribution in [1.29, 1.82) is 0 Å². The highest BCUT2D eigenvalue weighted by Gasteiger charge is 2.12. The number of benzene rings is 1. The van der Waals surface area contributed by atoms with Crippen LogP contribution in [0.1, 0.15) is 18.0 Å². The largest absolute Gasteiger partial charge is 0.468 e. The van der Waals surface area contributed by atoms with Crippen LogP contribution in [0.5, 0.6) is 0 Å². The van der Waals surface area contributed by atoms with Crippen molar-refractivity contribution in [3.8, 4) is 0 Å². The zero-order valence-electron chi connectivity index (χ0n) is 9.68. The number of amides is 1. The van der Waals surface area contributed by atoms with E-state index in [1.54, 1.807) is 0 Å². The maximum Gasteiger partial charge on any atom is 0.325 e. The van der Waals surface area contributed by atoms with E-state index in [0.717, 1.165) is 5.56 Å². The molecule has 92 valence electrons. The number of nitrogens with one attached hydrogen (secondary N) is 1. The normalized spacial score (nSPS) is 11.6. The third-order valence-corrected chi connectivity index (χ3v) is 2.29. The Hall–Kier alpha value is -1.88. The van der Waals surface area contributed by atoms with Gasteiger partial charge in [0.2, 0.25) is 5.91 Å². The quantitative estimate of drug-likeness (QED) is 0.723. The first-order valence-electron chi connectivity index (χ1n) is 5.27. The second kappa shape index (κ2) is 6.65. The summed E-state index contributed by atoms with van der Waals surface area (Å²) in [6, 6.07) is 8.96. The summed E-state index contributed by atoms with van der Waals surface area (Å²) in [5, 5.41) is 2.44. The number of ether oxygens (including phenoxy) is 1. The molecule has 0 heterocycles. The fourth-order valence-corrected chi connectivity index (χ4v) is 1.33. The molecule has 1 unspecified atom stereocenters. The number of hydrogen-bond acceptors (Lipinski definition) is 4. The molecule has 5 heteroatoms. The molecule has 0 bridgehead atoms. The molecule has 0 saturated carbocycles. The fraction of sp³-hybridized carbons (Fsp3) is 0.333. The van der Waals surface area contributed by atoms with Gasteiger partial charge in [-0.15, -0.1) is 0 Å². The van der Waals surface area contributed by atoms with E-state index in [1.807, 2.05) is 30.3 Å². The molecule has 3 N–H and O–H groups in total. The predicted molar refractivity (Wildman–Crippen MR) is 63.0 cm³/mol. The van der Waals surface area contributed by atoms with E-state index in [0.29, 0.717) is 0 Å². The topological polar surface area (TPSA) is 81.4 Å². The van der Waals surface area contributed by atoms with Gasteiger partial charge in [-0.2, -0.15) is 0 Å². The summed E-state index contributed by atoms with van der Waals surface area (Å²) < 4.78 is 4.41. The van der Waals surface area contributed by atoms with Crippen molar-refractivity contribution < 1.29 is 14.3 Å². The number of nitrogens with two attached hydrogens (primary N) is 1. The Morgan fingerprint density at radius 1 is 1.35 bits per heavy atom. The molecule has 1 amide bonds. The zero-order valence-corrected chi connectivity index (χ0v) is 9.68. The van der Waals surface area contributed by atoms with Gasteiger partial charge < -0.3 is 15.8 Å². The van der Waals surface area contributed by atoms with Crippen LogP contribution < -0.4 is 11.1 Å². The number of carbonyl (C=O) groups excluding carboxylic acids is 2. The Bertz CT molecular complexity index is 379. The van der Waals surface area contributed by atoms with E-state index in [9.17, 15) is 9.59 Å². The van der Waals surface area contributed by atoms with Crippen LogP contribution >= 0.6 is 0 Å². The average Bonchev–Trinajstić information content (AvgIpc) is 2.36. The first-order chi connectivity index (χ1) is 8.13. The molecule has 0 radical (unpaired) electrons. The predicted octanol–water partition coefficient (Wildman–Crippen LogP) is 0.366. The van der Waals surface area contributed by atoms with Gasteiger partial charge in [0.15, 0.2) is 0 Å². The highest BCUT2D eigenvalue weighted by atomic mass is 16.5. The Balaban J connectivity index is 2.39. The van der Waals surface area contributed by atoms with Crippen LogP contribution in [0.2, 0.25) is 0 Å². The van der Waals surface area contributed by atoms with Crippen molar-refractivity contribution >= 4 is 11.9 Å². The lowest BCUT2D eigenvalue weighted by Crippen LogP contribution is -2.32. The van der Waals surface area contributed by atoms with E-state index >= 15 is 0 Å². The van der Waals surface area contributed by atoms with Crippen LogP contribution in [0.15, 0.2) is 30.3 Å². The molecule has 1 atom stereocenters. The van der Waals surface area contributed by atoms with Gasteiger partial charge in [0, 0.05) is 12.5 Å². The van der Waals surface area contributed by atoms with Crippen LogP contribution in [-0.2, 0) is 14.3 Å². The molecule has 1 rings (SSSR count). The Kier molecular flexibility index (Phi) is 5.16. The van der Waals surface area contributed by atoms with Gasteiger partial charge in [-0.25, -0.2) is 0 Å². The second-order valence-corrected chi connectivity index (χ2v) is 3.57. The summed E-state index contributed by atoms with van der Waals surface area (Å²) in [5.74, 6) is -0.751. The Morgan fingerprint density at radius 2 is 2.00 bits per heavy atom. The highest BCUT2D eigenvalue weighted by Crippen LogP contribution is 2.12. The summed E-state index contributed by atoms with van der Waals surface area (Å²) in [5.41, 5.74) is 6.75. The molecular weight excluding hydrogens is 220 g/mol. The molecule has 0 aromatic heterocycles. The monoisotopic (exact) mass is 236 g/mol. The fourth-order valence-electron chi connectivity index (χ4n) is 1.33. The van der Waals surface area contributed by atoms with Gasteiger partial charge in [-0.1, -0.05) is 30.3 Å². The van der Waals surface area contributed by atoms with E-state index < -0.39 is 5.97 Å². The van der Waals surface area contributed by atoms with Crippen molar-refractivity contribution in [2.45, 2.75) is 12.5 Å². The van der Waals surface area contributed by atoms with Crippen LogP contribution in [-0.4, -0.2) is 25.5 Å². The highest BCUT2D eigenvalue weighted by molar-refractivity contribution is 5.82. The van der Waals surface area contributed by atoms with E-state index in [4.69, 9.17) is 5.73 Å². The molecule has 5 nitrogen and oxygen atoms in total. The lowest BCUT2D eigenvalue weighted by Gasteiger charge is -2.11. The number of esters is 1. The maximum absolute atomic E-state index is 11.4. The van der Waals surface area contributed by atoms with Gasteiger partial charge in [0.05, 0.1) is 7.11 Å². The van der Waals surface area contributed by atoms with Crippen molar-refractivity contribution in [1.82, 2.24) is 5.32 Å². The Morgan fingerprint density at radius 3 is 2.59 bits per heavy atom. The van der Waals surface area contributed by atoms with Crippen LogP contribution in [0.4, 0.5) is 0 Å². The van der Waals surface area contributed by atoms with Gasteiger partial charge in [0.1, 0.15) is 6.54 Å². The lowest BCUT2D eigenvalue weighted by molar-refractivity contribution is -0.141. The molecule has 1 aromatic carbocycles. The number of rotatable bonds is 5. The number of hydrogen-bond donors (Lipinski definition) is 2. The molecular formula is C12H16N2O3. The van der Waals surface area contributed by atoms with E-state index in [1.165, 1.54) is 7.11 Å². The lowest BCUT2D eigenvalue weighted by atomic mass is 10.0. The smallest absolute Gasteiger partial charge is 0.325 e. The third-order valence-electron chi connectivity index (χ3n) is 2.29. The molecule has 0 fully saturated rings. The minimum atomic E-state index is -0.480. The molecule has 0 aliphatic heterocycles. The maximum atomic E-state index is 11.4. The first-order valence-corrected chi connectivity index (χ1v) is 5.27. The van der Waals surface area contributed by atoms with Gasteiger partial charge in [-0.3, -0.25) is 9.59 Å². The van der Waals surface area contributed by atoms with Crippen LogP contribution in [0, 0.1) is 0 Å². The summed E-state index contributed by atoms with van der Waals surface area (Å²) >= 11 is 0. The van der Waals surface area contributed by atoms with Crippen molar-refractivity contribution in [2.24, 2.45) is 5.73 Å². The molecule has 1 aromatic rings. The van der Waals surface area contributed by atoms with Crippen molar-refractivity contribution in [2.75, 3.05) is 13.7 Å². The molecule has 0 saturated heterocycles. The van der Waals surface area contributed by atoms with Gasteiger partial charge in [-0.05, 0) is 5.56 Å². The summed E-state index contributed by atoms with van der Waals surface area (Å²) in [4.78, 5) is 22.3. The first kappa shape index (κ1) is 13.2. The van der Waals surface area contributed by atoms with Gasteiger partial charge in [0.25, 0.3) is 0 Å². The zero-order chi connectivity index (χ0) is 12.7. The standard InChI is InChI=1S/C12H16N2O3/c1-17-12(16)8-14-11(15)7-10(13)9-5-3-2-4-6-9/h2-6,10H,7-8,13H2,1H3,(H,14,15). The van der Waals surface area contributed by atoms with Crippen LogP contribution in [0.3, 0.4) is 0 Å². The molecule has 0 aliphatic carbocycles. The van der Waals surface area contributed by atoms with Crippen LogP contribution in [0.25, 0.3) is 0 Å².